The van der Waals surface area contributed by atoms with E-state index in [-0.39, 0.29) is 18.4 Å². The molecule has 5 nitrogen and oxygen atoms in total. The van der Waals surface area contributed by atoms with E-state index >= 15 is 0 Å². The second kappa shape index (κ2) is 7.44. The molecule has 31 heavy (non-hydrogen) atoms. The molecule has 8 heteroatoms. The highest BCUT2D eigenvalue weighted by Gasteiger charge is 2.53. The molecule has 0 unspecified atom stereocenters. The number of nitrogens with zero attached hydrogens (tertiary/aromatic N) is 3. The van der Waals surface area contributed by atoms with Gasteiger partial charge in [0.2, 0.25) is 5.91 Å². The summed E-state index contributed by atoms with van der Waals surface area (Å²) in [6, 6.07) is 2.03. The molecule has 1 aromatic heterocycles. The van der Waals surface area contributed by atoms with Crippen molar-refractivity contribution in [1.82, 2.24) is 14.8 Å². The molecule has 4 heterocycles. The molecular formula is C23H30F3N3O2. The molecule has 0 radical (unpaired) electrons. The number of fused-ring (bicyclic) bond motifs is 3. The number of rotatable bonds is 3. The largest absolute Gasteiger partial charge is 0.417 e. The number of morpholine rings is 1. The van der Waals surface area contributed by atoms with E-state index in [1.807, 2.05) is 0 Å². The van der Waals surface area contributed by atoms with Gasteiger partial charge in [0.15, 0.2) is 0 Å². The first-order valence-electron chi connectivity index (χ1n) is 11.4. The van der Waals surface area contributed by atoms with Gasteiger partial charge in [-0.2, -0.15) is 13.2 Å². The number of likely N-dealkylation sites (tertiary alicyclic amines) is 1. The Morgan fingerprint density at radius 1 is 1.32 bits per heavy atom. The molecule has 1 aliphatic carbocycles. The molecule has 2 bridgehead atoms. The van der Waals surface area contributed by atoms with E-state index in [1.54, 1.807) is 4.90 Å². The SMILES string of the molecule is CC(C)[C@]1(C(=O)N2CCc3ncc(C(F)(F)F)cc3C2)CC[C@@H](N2C[C@@H]3C[C@H]2CO3)C1. The highest BCUT2D eigenvalue weighted by molar-refractivity contribution is 5.83. The zero-order valence-corrected chi connectivity index (χ0v) is 18.1. The predicted molar refractivity (Wildman–Crippen MR) is 108 cm³/mol. The lowest BCUT2D eigenvalue weighted by Gasteiger charge is -2.40. The van der Waals surface area contributed by atoms with Gasteiger partial charge in [0.05, 0.1) is 23.7 Å². The van der Waals surface area contributed by atoms with Gasteiger partial charge in [0.1, 0.15) is 0 Å². The van der Waals surface area contributed by atoms with Crippen molar-refractivity contribution < 1.29 is 22.7 Å². The highest BCUT2D eigenvalue weighted by atomic mass is 19.4. The number of pyridine rings is 1. The molecule has 4 aliphatic rings. The molecule has 1 aromatic rings. The van der Waals surface area contributed by atoms with E-state index < -0.39 is 17.2 Å². The fraction of sp³-hybridized carbons (Fsp3) is 0.739. The number of hydrogen-bond donors (Lipinski definition) is 0. The molecule has 2 saturated heterocycles. The third-order valence-electron chi connectivity index (χ3n) is 8.12. The van der Waals surface area contributed by atoms with Crippen LogP contribution in [-0.4, -0.2) is 58.6 Å². The Balaban J connectivity index is 1.35. The van der Waals surface area contributed by atoms with Crippen LogP contribution >= 0.6 is 0 Å². The van der Waals surface area contributed by atoms with Gasteiger partial charge in [-0.3, -0.25) is 14.7 Å². The minimum atomic E-state index is -4.43. The summed E-state index contributed by atoms with van der Waals surface area (Å²) in [5.74, 6) is 0.288. The van der Waals surface area contributed by atoms with Crippen LogP contribution in [0.2, 0.25) is 0 Å². The Bertz CT molecular complexity index is 874. The molecule has 3 fully saturated rings. The molecule has 4 atom stereocenters. The van der Waals surface area contributed by atoms with Crippen LogP contribution < -0.4 is 0 Å². The van der Waals surface area contributed by atoms with Crippen molar-refractivity contribution in [2.24, 2.45) is 11.3 Å². The second-order valence-corrected chi connectivity index (χ2v) is 10.1. The fourth-order valence-corrected chi connectivity index (χ4v) is 6.24. The summed E-state index contributed by atoms with van der Waals surface area (Å²) < 4.78 is 45.2. The van der Waals surface area contributed by atoms with Crippen LogP contribution in [0.3, 0.4) is 0 Å². The average Bonchev–Trinajstić information content (AvgIpc) is 3.47. The van der Waals surface area contributed by atoms with Crippen LogP contribution in [0.5, 0.6) is 0 Å². The summed E-state index contributed by atoms with van der Waals surface area (Å²) in [6.07, 6.45) is 1.08. The molecule has 1 saturated carbocycles. The summed E-state index contributed by atoms with van der Waals surface area (Å²) in [7, 11) is 0. The Morgan fingerprint density at radius 3 is 2.77 bits per heavy atom. The number of carbonyl (C=O) groups excluding carboxylic acids is 1. The van der Waals surface area contributed by atoms with Crippen LogP contribution in [0, 0.1) is 11.3 Å². The molecule has 0 N–H and O–H groups in total. The maximum atomic E-state index is 13.8. The van der Waals surface area contributed by atoms with Crippen molar-refractivity contribution in [1.29, 1.82) is 0 Å². The zero-order valence-electron chi connectivity index (χ0n) is 18.1. The van der Waals surface area contributed by atoms with Gasteiger partial charge in [-0.1, -0.05) is 13.8 Å². The highest BCUT2D eigenvalue weighted by Crippen LogP contribution is 2.49. The monoisotopic (exact) mass is 437 g/mol. The molecule has 1 amide bonds. The smallest absolute Gasteiger partial charge is 0.375 e. The zero-order chi connectivity index (χ0) is 22.0. The molecule has 0 aromatic carbocycles. The van der Waals surface area contributed by atoms with Gasteiger partial charge in [0.25, 0.3) is 0 Å². The lowest BCUT2D eigenvalue weighted by atomic mass is 9.73. The number of hydrogen-bond acceptors (Lipinski definition) is 4. The Morgan fingerprint density at radius 2 is 2.13 bits per heavy atom. The molecule has 170 valence electrons. The van der Waals surface area contributed by atoms with E-state index in [0.29, 0.717) is 42.4 Å². The first-order valence-corrected chi connectivity index (χ1v) is 11.4. The number of carbonyl (C=O) groups is 1. The Kier molecular flexibility index (Phi) is 5.09. The molecule has 5 rings (SSSR count). The van der Waals surface area contributed by atoms with Gasteiger partial charge in [-0.05, 0) is 43.2 Å². The minimum absolute atomic E-state index is 0.105. The number of ether oxygens (including phenoxy) is 1. The van der Waals surface area contributed by atoms with Crippen LogP contribution in [-0.2, 0) is 28.7 Å². The van der Waals surface area contributed by atoms with E-state index in [2.05, 4.69) is 23.7 Å². The van der Waals surface area contributed by atoms with E-state index in [9.17, 15) is 18.0 Å². The number of halogens is 3. The Labute approximate surface area is 180 Å². The van der Waals surface area contributed by atoms with Crippen molar-refractivity contribution in [2.45, 2.75) is 76.9 Å². The van der Waals surface area contributed by atoms with Gasteiger partial charge in [-0.25, -0.2) is 0 Å². The van der Waals surface area contributed by atoms with E-state index in [1.165, 1.54) is 6.07 Å². The minimum Gasteiger partial charge on any atom is -0.375 e. The second-order valence-electron chi connectivity index (χ2n) is 10.1. The fourth-order valence-electron chi connectivity index (χ4n) is 6.24. The third kappa shape index (κ3) is 3.55. The van der Waals surface area contributed by atoms with Crippen LogP contribution in [0.1, 0.15) is 56.4 Å². The summed E-state index contributed by atoms with van der Waals surface area (Å²) in [4.78, 5) is 22.2. The normalized spacial score (nSPS) is 33.4. The van der Waals surface area contributed by atoms with Crippen LogP contribution in [0.4, 0.5) is 13.2 Å². The first-order chi connectivity index (χ1) is 14.7. The maximum absolute atomic E-state index is 13.8. The molecular weight excluding hydrogens is 407 g/mol. The Hall–Kier alpha value is -1.67. The average molecular weight is 438 g/mol. The standard InChI is InChI=1S/C23H30F3N3O2/c1-14(2)22(5-3-17(9-22)29-12-19-8-18(29)13-31-19)21(30)28-6-4-20-15(11-28)7-16(10-27-20)23(24,25)26/h7,10,14,17-19H,3-6,8-9,11-13H2,1-2H3/t17-,18+,19+,22+/m1/s1. The van der Waals surface area contributed by atoms with E-state index in [0.717, 1.165) is 45.0 Å². The molecule has 3 aliphatic heterocycles. The van der Waals surface area contributed by atoms with Crippen LogP contribution in [0.25, 0.3) is 0 Å². The van der Waals surface area contributed by atoms with E-state index in [4.69, 9.17) is 4.74 Å². The lowest BCUT2D eigenvalue weighted by Crippen LogP contribution is -2.49. The van der Waals surface area contributed by atoms with Crippen molar-refractivity contribution in [2.75, 3.05) is 19.7 Å². The maximum Gasteiger partial charge on any atom is 0.417 e. The first kappa shape index (κ1) is 21.2. The van der Waals surface area contributed by atoms with Crippen molar-refractivity contribution >= 4 is 5.91 Å². The number of aromatic nitrogens is 1. The van der Waals surface area contributed by atoms with Crippen molar-refractivity contribution in [3.05, 3.63) is 29.1 Å². The van der Waals surface area contributed by atoms with Gasteiger partial charge < -0.3 is 9.64 Å². The van der Waals surface area contributed by atoms with Gasteiger partial charge in [-0.15, -0.1) is 0 Å². The topological polar surface area (TPSA) is 45.7 Å². The number of amides is 1. The summed E-state index contributed by atoms with van der Waals surface area (Å²) in [5, 5.41) is 0. The van der Waals surface area contributed by atoms with Gasteiger partial charge >= 0.3 is 6.18 Å². The van der Waals surface area contributed by atoms with Crippen LogP contribution in [0.15, 0.2) is 12.3 Å². The predicted octanol–water partition coefficient (Wildman–Crippen LogP) is 3.65. The van der Waals surface area contributed by atoms with Gasteiger partial charge in [0, 0.05) is 50.0 Å². The summed E-state index contributed by atoms with van der Waals surface area (Å²) >= 11 is 0. The quantitative estimate of drug-likeness (QED) is 0.724. The third-order valence-corrected chi connectivity index (χ3v) is 8.12. The lowest BCUT2D eigenvalue weighted by molar-refractivity contribution is -0.146. The van der Waals surface area contributed by atoms with Crippen molar-refractivity contribution in [3.8, 4) is 0 Å². The number of alkyl halides is 3. The molecule has 0 spiro atoms. The summed E-state index contributed by atoms with van der Waals surface area (Å²) in [6.45, 7) is 6.71. The van der Waals surface area contributed by atoms with Crippen molar-refractivity contribution in [3.63, 3.8) is 0 Å². The summed E-state index contributed by atoms with van der Waals surface area (Å²) in [5.41, 5.74) is 0.0104.